The van der Waals surface area contributed by atoms with E-state index in [1.165, 1.54) is 6.20 Å². The summed E-state index contributed by atoms with van der Waals surface area (Å²) in [5.41, 5.74) is 3.53. The number of pyridine rings is 1. The van der Waals surface area contributed by atoms with Crippen LogP contribution in [0.15, 0.2) is 61.2 Å². The van der Waals surface area contributed by atoms with Crippen molar-refractivity contribution < 1.29 is 9.59 Å². The number of nitrogens with zero attached hydrogens (tertiary/aromatic N) is 4. The van der Waals surface area contributed by atoms with Crippen molar-refractivity contribution in [1.82, 2.24) is 25.2 Å². The molecular weight excluding hydrogens is 402 g/mol. The molecule has 164 valence electrons. The van der Waals surface area contributed by atoms with Crippen LogP contribution < -0.4 is 5.32 Å². The molecule has 0 spiro atoms. The number of benzene rings is 1. The van der Waals surface area contributed by atoms with Crippen LogP contribution in [-0.4, -0.2) is 51.3 Å². The fourth-order valence-corrected chi connectivity index (χ4v) is 4.25. The normalized spacial score (nSPS) is 17.9. The Hall–Kier alpha value is -3.61. The molecule has 1 fully saturated rings. The van der Waals surface area contributed by atoms with Crippen LogP contribution in [0.2, 0.25) is 0 Å². The maximum Gasteiger partial charge on any atom is 0.274 e. The molecule has 3 aromatic rings. The van der Waals surface area contributed by atoms with Gasteiger partial charge in [0.2, 0.25) is 5.91 Å². The van der Waals surface area contributed by atoms with Crippen molar-refractivity contribution in [3.8, 4) is 11.1 Å². The number of nitrogens with one attached hydrogen (secondary N) is 1. The van der Waals surface area contributed by atoms with Crippen molar-refractivity contribution >= 4 is 11.8 Å². The van der Waals surface area contributed by atoms with Crippen LogP contribution in [0.1, 0.15) is 35.1 Å². The fraction of sp³-hybridized carbons (Fsp3) is 0.320. The molecule has 4 rings (SSSR count). The Morgan fingerprint density at radius 2 is 1.94 bits per heavy atom. The number of carbonyl (C=O) groups excluding carboxylic acids is 2. The van der Waals surface area contributed by atoms with E-state index >= 15 is 0 Å². The Bertz CT molecular complexity index is 1100. The monoisotopic (exact) mass is 429 g/mol. The standard InChI is InChI=1S/C25H27N5O2/c1-3-27-24(32)25(9-11-30(17-25)23(31)22-16-28-18(2)14-29-22)13-19-6-4-7-20(12-19)21-8-5-10-26-15-21/h4-8,10,12,14-16H,3,9,11,13,17H2,1-2H3,(H,27,32). The summed E-state index contributed by atoms with van der Waals surface area (Å²) in [6.45, 7) is 5.15. The summed E-state index contributed by atoms with van der Waals surface area (Å²) in [5.74, 6) is -0.204. The van der Waals surface area contributed by atoms with Gasteiger partial charge in [0.05, 0.1) is 17.3 Å². The third-order valence-electron chi connectivity index (χ3n) is 5.92. The van der Waals surface area contributed by atoms with Crippen molar-refractivity contribution in [3.05, 3.63) is 78.1 Å². The summed E-state index contributed by atoms with van der Waals surface area (Å²) in [4.78, 5) is 40.5. The van der Waals surface area contributed by atoms with Gasteiger partial charge in [-0.3, -0.25) is 19.6 Å². The predicted octanol–water partition coefficient (Wildman–Crippen LogP) is 3.06. The van der Waals surface area contributed by atoms with Gasteiger partial charge in [-0.25, -0.2) is 4.98 Å². The van der Waals surface area contributed by atoms with E-state index in [2.05, 4.69) is 26.3 Å². The van der Waals surface area contributed by atoms with Crippen molar-refractivity contribution in [2.24, 2.45) is 5.41 Å². The van der Waals surface area contributed by atoms with Crippen LogP contribution in [0.25, 0.3) is 11.1 Å². The van der Waals surface area contributed by atoms with Crippen LogP contribution >= 0.6 is 0 Å². The van der Waals surface area contributed by atoms with Crippen LogP contribution in [0.3, 0.4) is 0 Å². The van der Waals surface area contributed by atoms with E-state index in [0.29, 0.717) is 38.2 Å². The molecule has 2 amide bonds. The Morgan fingerprint density at radius 3 is 2.66 bits per heavy atom. The molecule has 0 bridgehead atoms. The molecule has 0 saturated carbocycles. The number of rotatable bonds is 6. The Morgan fingerprint density at radius 1 is 1.09 bits per heavy atom. The van der Waals surface area contributed by atoms with Gasteiger partial charge in [0.15, 0.2) is 0 Å². The lowest BCUT2D eigenvalue weighted by molar-refractivity contribution is -0.130. The van der Waals surface area contributed by atoms with Crippen LogP contribution in [0.4, 0.5) is 0 Å². The molecule has 0 radical (unpaired) electrons. The van der Waals surface area contributed by atoms with Gasteiger partial charge in [0.25, 0.3) is 5.91 Å². The number of amides is 2. The molecule has 7 heteroatoms. The first-order chi connectivity index (χ1) is 15.5. The number of aromatic nitrogens is 3. The van der Waals surface area contributed by atoms with Gasteiger partial charge >= 0.3 is 0 Å². The van der Waals surface area contributed by atoms with E-state index in [9.17, 15) is 9.59 Å². The second-order valence-corrected chi connectivity index (χ2v) is 8.28. The van der Waals surface area contributed by atoms with Crippen LogP contribution in [-0.2, 0) is 11.2 Å². The number of carbonyl (C=O) groups is 2. The minimum absolute atomic E-state index is 0.0166. The second-order valence-electron chi connectivity index (χ2n) is 8.28. The average molecular weight is 430 g/mol. The number of likely N-dealkylation sites (tertiary alicyclic amines) is 1. The lowest BCUT2D eigenvalue weighted by atomic mass is 9.79. The van der Waals surface area contributed by atoms with Gasteiger partial charge in [0.1, 0.15) is 5.69 Å². The van der Waals surface area contributed by atoms with E-state index < -0.39 is 5.41 Å². The summed E-state index contributed by atoms with van der Waals surface area (Å²) in [7, 11) is 0. The Balaban J connectivity index is 1.59. The highest BCUT2D eigenvalue weighted by molar-refractivity contribution is 5.93. The molecule has 1 unspecified atom stereocenters. The molecule has 1 aromatic carbocycles. The highest BCUT2D eigenvalue weighted by Gasteiger charge is 2.46. The second kappa shape index (κ2) is 9.26. The number of hydrogen-bond donors (Lipinski definition) is 1. The van der Waals surface area contributed by atoms with Gasteiger partial charge in [-0.05, 0) is 49.4 Å². The molecule has 1 N–H and O–H groups in total. The zero-order valence-electron chi connectivity index (χ0n) is 18.4. The van der Waals surface area contributed by atoms with Gasteiger partial charge in [-0.1, -0.05) is 30.3 Å². The first-order valence-electron chi connectivity index (χ1n) is 10.9. The maximum absolute atomic E-state index is 13.2. The van der Waals surface area contributed by atoms with Gasteiger partial charge in [-0.15, -0.1) is 0 Å². The molecule has 32 heavy (non-hydrogen) atoms. The van der Waals surface area contributed by atoms with Gasteiger partial charge in [0, 0.05) is 38.2 Å². The van der Waals surface area contributed by atoms with Crippen molar-refractivity contribution in [2.45, 2.75) is 26.7 Å². The molecule has 0 aliphatic carbocycles. The van der Waals surface area contributed by atoms with E-state index in [1.807, 2.05) is 50.4 Å². The van der Waals surface area contributed by atoms with E-state index in [-0.39, 0.29) is 11.8 Å². The number of aryl methyl sites for hydroxylation is 1. The summed E-state index contributed by atoms with van der Waals surface area (Å²) < 4.78 is 0. The summed E-state index contributed by atoms with van der Waals surface area (Å²) in [6.07, 6.45) is 7.82. The zero-order chi connectivity index (χ0) is 22.6. The highest BCUT2D eigenvalue weighted by Crippen LogP contribution is 2.36. The summed E-state index contributed by atoms with van der Waals surface area (Å²) >= 11 is 0. The van der Waals surface area contributed by atoms with Gasteiger partial charge in [-0.2, -0.15) is 0 Å². The van der Waals surface area contributed by atoms with Crippen LogP contribution in [0, 0.1) is 12.3 Å². The maximum atomic E-state index is 13.2. The fourth-order valence-electron chi connectivity index (χ4n) is 4.25. The topological polar surface area (TPSA) is 88.1 Å². The van der Waals surface area contributed by atoms with Crippen LogP contribution in [0.5, 0.6) is 0 Å². The molecular formula is C25H27N5O2. The summed E-state index contributed by atoms with van der Waals surface area (Å²) in [6, 6.07) is 12.1. The molecule has 1 aliphatic rings. The van der Waals surface area contributed by atoms with Crippen molar-refractivity contribution in [1.29, 1.82) is 0 Å². The van der Waals surface area contributed by atoms with E-state index in [4.69, 9.17) is 0 Å². The third kappa shape index (κ3) is 4.51. The van der Waals surface area contributed by atoms with E-state index in [0.717, 1.165) is 22.4 Å². The number of hydrogen-bond acceptors (Lipinski definition) is 5. The average Bonchev–Trinajstić information content (AvgIpc) is 3.25. The molecule has 1 saturated heterocycles. The first kappa shape index (κ1) is 21.6. The largest absolute Gasteiger partial charge is 0.356 e. The van der Waals surface area contributed by atoms with Crippen molar-refractivity contribution in [3.63, 3.8) is 0 Å². The quantitative estimate of drug-likeness (QED) is 0.651. The molecule has 1 aliphatic heterocycles. The molecule has 1 atom stereocenters. The zero-order valence-corrected chi connectivity index (χ0v) is 18.4. The first-order valence-corrected chi connectivity index (χ1v) is 10.9. The van der Waals surface area contributed by atoms with Gasteiger partial charge < -0.3 is 10.2 Å². The Kier molecular flexibility index (Phi) is 6.25. The minimum atomic E-state index is -0.683. The highest BCUT2D eigenvalue weighted by atomic mass is 16.2. The SMILES string of the molecule is CCNC(=O)C1(Cc2cccc(-c3cccnc3)c2)CCN(C(=O)c2cnc(C)cn2)C1. The summed E-state index contributed by atoms with van der Waals surface area (Å²) in [5, 5.41) is 2.99. The third-order valence-corrected chi connectivity index (χ3v) is 5.92. The predicted molar refractivity (Wildman–Crippen MR) is 122 cm³/mol. The molecule has 2 aromatic heterocycles. The lowest BCUT2D eigenvalue weighted by Gasteiger charge is -2.28. The molecule has 3 heterocycles. The smallest absolute Gasteiger partial charge is 0.274 e. The lowest BCUT2D eigenvalue weighted by Crippen LogP contribution is -2.45. The molecule has 7 nitrogen and oxygen atoms in total. The van der Waals surface area contributed by atoms with Crippen molar-refractivity contribution in [2.75, 3.05) is 19.6 Å². The van der Waals surface area contributed by atoms with E-state index in [1.54, 1.807) is 17.3 Å². The Labute approximate surface area is 187 Å². The minimum Gasteiger partial charge on any atom is -0.356 e.